The Morgan fingerprint density at radius 1 is 0.714 bits per heavy atom. The summed E-state index contributed by atoms with van der Waals surface area (Å²) in [5, 5.41) is 9.71. The molecule has 4 aromatic heterocycles. The van der Waals surface area contributed by atoms with E-state index in [-0.39, 0.29) is 62.1 Å². The highest BCUT2D eigenvalue weighted by molar-refractivity contribution is 7.88. The van der Waals surface area contributed by atoms with Crippen molar-refractivity contribution >= 4 is 10.1 Å². The predicted molar refractivity (Wildman–Crippen MR) is 212 cm³/mol. The smallest absolute Gasteiger partial charge is 0.508 e. The minimum Gasteiger partial charge on any atom is -0.508 e. The normalized spacial score (nSPS) is 16.7. The van der Waals surface area contributed by atoms with Crippen molar-refractivity contribution < 1.29 is 59.3 Å². The summed E-state index contributed by atoms with van der Waals surface area (Å²) in [7, 11) is -5.80. The van der Waals surface area contributed by atoms with Crippen molar-refractivity contribution in [2.45, 2.75) is 43.6 Å². The number of benzene rings is 2. The van der Waals surface area contributed by atoms with Crippen LogP contribution < -0.4 is 44.0 Å². The number of phenols is 1. The van der Waals surface area contributed by atoms with Gasteiger partial charge < -0.3 is 37.7 Å². The molecule has 2 atom stereocenters. The van der Waals surface area contributed by atoms with Gasteiger partial charge in [0.25, 0.3) is 11.8 Å². The van der Waals surface area contributed by atoms with Gasteiger partial charge in [0.1, 0.15) is 37.9 Å². The molecular weight excluding hydrogens is 858 g/mol. The van der Waals surface area contributed by atoms with Crippen molar-refractivity contribution in [3.05, 3.63) is 117 Å². The molecule has 8 heterocycles. The lowest BCUT2D eigenvalue weighted by Gasteiger charge is -2.25. The molecule has 0 saturated carbocycles. The van der Waals surface area contributed by atoms with Gasteiger partial charge in [-0.1, -0.05) is 0 Å². The van der Waals surface area contributed by atoms with Crippen LogP contribution in [0.4, 0.5) is 13.2 Å². The van der Waals surface area contributed by atoms with E-state index < -0.39 is 33.2 Å². The molecule has 18 nitrogen and oxygen atoms in total. The number of hydrogen-bond acceptors (Lipinski definition) is 16. The number of phenolic OH excluding ortho intramolecular Hbond substituents is 1. The lowest BCUT2D eigenvalue weighted by molar-refractivity contribution is -0.0500. The molecule has 2 unspecified atom stereocenters. The summed E-state index contributed by atoms with van der Waals surface area (Å²) in [6.45, 7) is 1.40. The van der Waals surface area contributed by atoms with Crippen molar-refractivity contribution in [2.75, 3.05) is 26.4 Å². The molecule has 0 radical (unpaired) electrons. The van der Waals surface area contributed by atoms with Gasteiger partial charge in [-0.25, -0.2) is 19.6 Å². The van der Waals surface area contributed by atoms with E-state index in [1.807, 2.05) is 0 Å². The summed E-state index contributed by atoms with van der Waals surface area (Å²) in [5.74, 6) is 1.85. The van der Waals surface area contributed by atoms with Crippen molar-refractivity contribution in [2.24, 2.45) is 0 Å². The number of pyridine rings is 2. The van der Waals surface area contributed by atoms with E-state index in [1.54, 1.807) is 65.5 Å². The number of rotatable bonds is 8. The van der Waals surface area contributed by atoms with Crippen LogP contribution in [0.2, 0.25) is 0 Å². The number of aromatic nitrogens is 6. The number of ether oxygens (including phenoxy) is 6. The molecule has 2 aromatic carbocycles. The minimum absolute atomic E-state index is 0.0228. The van der Waals surface area contributed by atoms with Gasteiger partial charge in [0.15, 0.2) is 23.7 Å². The van der Waals surface area contributed by atoms with Crippen LogP contribution in [0, 0.1) is 0 Å². The maximum atomic E-state index is 12.6. The van der Waals surface area contributed by atoms with E-state index in [0.29, 0.717) is 59.7 Å². The Kier molecular flexibility index (Phi) is 10.7. The number of aromatic hydroxyl groups is 1. The van der Waals surface area contributed by atoms with Crippen molar-refractivity contribution in [3.8, 4) is 69.0 Å². The van der Waals surface area contributed by atoms with Gasteiger partial charge in [-0.15, -0.1) is 0 Å². The number of fused-ring (bicyclic) bond motifs is 8. The van der Waals surface area contributed by atoms with Crippen LogP contribution in [0.15, 0.2) is 94.8 Å². The molecule has 0 aliphatic carbocycles. The number of hydrogen-bond donors (Lipinski definition) is 1. The highest BCUT2D eigenvalue weighted by Crippen LogP contribution is 2.36. The van der Waals surface area contributed by atoms with E-state index in [0.717, 1.165) is 22.9 Å². The average molecular weight is 891 g/mol. The third kappa shape index (κ3) is 8.61. The third-order valence-electron chi connectivity index (χ3n) is 10.1. The van der Waals surface area contributed by atoms with Crippen LogP contribution in [0.25, 0.3) is 22.5 Å². The van der Waals surface area contributed by atoms with Crippen molar-refractivity contribution in [1.82, 2.24) is 29.1 Å². The highest BCUT2D eigenvalue weighted by Gasteiger charge is 2.48. The summed E-state index contributed by atoms with van der Waals surface area (Å²) in [4.78, 5) is 41.1. The molecule has 0 fully saturated rings. The second kappa shape index (κ2) is 16.5. The first-order chi connectivity index (χ1) is 30.3. The zero-order valence-electron chi connectivity index (χ0n) is 32.6. The zero-order chi connectivity index (χ0) is 43.9. The predicted octanol–water partition coefficient (Wildman–Crippen LogP) is 4.09. The Morgan fingerprint density at radius 2 is 1.22 bits per heavy atom. The summed E-state index contributed by atoms with van der Waals surface area (Å²) in [5.41, 5.74) is -2.44. The Hall–Kier alpha value is -7.36. The summed E-state index contributed by atoms with van der Waals surface area (Å²) >= 11 is 0. The van der Waals surface area contributed by atoms with Gasteiger partial charge in [0.2, 0.25) is 11.8 Å². The number of nitrogens with zero attached hydrogens (tertiary/aromatic N) is 6. The molecule has 0 bridgehead atoms. The van der Waals surface area contributed by atoms with Crippen LogP contribution in [-0.4, -0.2) is 86.7 Å². The lowest BCUT2D eigenvalue weighted by atomic mass is 9.97. The first kappa shape index (κ1) is 41.0. The van der Waals surface area contributed by atoms with Crippen LogP contribution in [0.5, 0.6) is 46.5 Å². The van der Waals surface area contributed by atoms with Crippen LogP contribution >= 0.6 is 0 Å². The van der Waals surface area contributed by atoms with Gasteiger partial charge in [-0.3, -0.25) is 9.13 Å². The molecule has 0 spiro atoms. The zero-order valence-corrected chi connectivity index (χ0v) is 33.4. The van der Waals surface area contributed by atoms with E-state index in [9.17, 15) is 36.3 Å². The summed E-state index contributed by atoms with van der Waals surface area (Å²) in [6, 6.07) is 19.0. The molecule has 4 aliphatic heterocycles. The maximum absolute atomic E-state index is 12.6. The molecule has 63 heavy (non-hydrogen) atoms. The maximum Gasteiger partial charge on any atom is 0.534 e. The number of alkyl halides is 3. The molecule has 0 amide bonds. The standard InChI is InChI=1S/C21H16F3N3O7S.C20H17N3O5/c22-21(23,24)35(29,30)34-13-3-4-15-12(8-13)5-7-27-16(15)9-18(26-20(27)28)31-10-14-11-32-19-17(33-14)2-1-6-25-19;24-13-3-4-15-12(8-13)5-7-23-16(15)9-18(22-20(23)25)26-10-14-11-27-19-17(28-14)2-1-6-21-19/h1-4,6,8-9,14H,5,7,10-11H2;1-4,6,8-9,14,24H,5,7,10-11H2. The summed E-state index contributed by atoms with van der Waals surface area (Å²) in [6.07, 6.45) is 3.33. The monoisotopic (exact) mass is 890 g/mol. The quantitative estimate of drug-likeness (QED) is 0.168. The Morgan fingerprint density at radius 3 is 1.75 bits per heavy atom. The largest absolute Gasteiger partial charge is 0.534 e. The first-order valence-electron chi connectivity index (χ1n) is 19.2. The van der Waals surface area contributed by atoms with Crippen molar-refractivity contribution in [1.29, 1.82) is 0 Å². The van der Waals surface area contributed by atoms with E-state index in [2.05, 4.69) is 24.1 Å². The van der Waals surface area contributed by atoms with Gasteiger partial charge in [0.05, 0.1) is 11.4 Å². The van der Waals surface area contributed by atoms with Gasteiger partial charge >= 0.3 is 27.0 Å². The molecule has 6 aromatic rings. The Labute approximate surface area is 354 Å². The Balaban J connectivity index is 0.000000164. The fraction of sp³-hybridized carbons (Fsp3) is 0.268. The van der Waals surface area contributed by atoms with Crippen LogP contribution in [0.1, 0.15) is 11.1 Å². The molecule has 326 valence electrons. The van der Waals surface area contributed by atoms with Crippen LogP contribution in [0.3, 0.4) is 0 Å². The summed E-state index contributed by atoms with van der Waals surface area (Å²) < 4.78 is 102. The first-order valence-corrected chi connectivity index (χ1v) is 20.6. The SMILES string of the molecule is O=c1nc(OCC2COc3ncccc3O2)cc2n1CCc1cc(O)ccc1-2.O=c1nc(OCC2COc3ncccc3O2)cc2n1CCc1cc(OS(=O)(=O)C(F)(F)F)ccc1-2. The molecule has 10 rings (SSSR count). The van der Waals surface area contributed by atoms with E-state index in [4.69, 9.17) is 28.4 Å². The molecule has 22 heteroatoms. The van der Waals surface area contributed by atoms with E-state index >= 15 is 0 Å². The molecule has 1 N–H and O–H groups in total. The molecule has 4 aliphatic rings. The Bertz CT molecular complexity index is 2970. The number of aryl methyl sites for hydroxylation is 2. The topological polar surface area (TPSA) is 215 Å². The van der Waals surface area contributed by atoms with Crippen molar-refractivity contribution in [3.63, 3.8) is 0 Å². The fourth-order valence-electron chi connectivity index (χ4n) is 7.19. The van der Waals surface area contributed by atoms with Gasteiger partial charge in [-0.2, -0.15) is 31.6 Å². The number of halogens is 3. The fourth-order valence-corrected chi connectivity index (χ4v) is 7.64. The van der Waals surface area contributed by atoms with E-state index in [1.165, 1.54) is 22.8 Å². The van der Waals surface area contributed by atoms with Gasteiger partial charge in [0, 0.05) is 48.7 Å². The molecular formula is C41H33F3N6O12S. The lowest BCUT2D eigenvalue weighted by Crippen LogP contribution is -2.35. The van der Waals surface area contributed by atoms with Crippen LogP contribution in [-0.2, 0) is 36.0 Å². The second-order valence-electron chi connectivity index (χ2n) is 14.3. The highest BCUT2D eigenvalue weighted by atomic mass is 32.2. The third-order valence-corrected chi connectivity index (χ3v) is 11.1. The average Bonchev–Trinajstić information content (AvgIpc) is 3.27. The second-order valence-corrected chi connectivity index (χ2v) is 15.8. The molecule has 0 saturated heterocycles. The minimum atomic E-state index is -5.80. The van der Waals surface area contributed by atoms with Gasteiger partial charge in [-0.05, 0) is 84.6 Å².